The maximum Gasteiger partial charge on any atom is 0.404 e. The van der Waals surface area contributed by atoms with Gasteiger partial charge in [0.25, 0.3) is 0 Å². The normalized spacial score (nSPS) is 27.7. The topological polar surface area (TPSA) is 148 Å². The van der Waals surface area contributed by atoms with Crippen molar-refractivity contribution in [1.82, 2.24) is 5.32 Å². The van der Waals surface area contributed by atoms with Gasteiger partial charge in [-0.25, -0.2) is 9.59 Å². The molecular formula is C33H50N2O7. The van der Waals surface area contributed by atoms with Gasteiger partial charge in [-0.15, -0.1) is 0 Å². The molecule has 5 atom stereocenters. The number of carbonyl (C=O) groups is 3. The van der Waals surface area contributed by atoms with Crippen molar-refractivity contribution in [2.45, 2.75) is 103 Å². The number of primary amides is 1. The fourth-order valence-electron chi connectivity index (χ4n) is 4.41. The number of esters is 1. The first-order chi connectivity index (χ1) is 19.9. The van der Waals surface area contributed by atoms with Gasteiger partial charge >= 0.3 is 12.1 Å². The minimum atomic E-state index is -1.11. The Hall–Kier alpha value is -3.43. The third kappa shape index (κ3) is 17.4. The molecule has 42 heavy (non-hydrogen) atoms. The standard InChI is InChI=1S/C33H50N2O7/c1-23(2)20-31(38)35-19-18-25(4)21-26(5)30-22-24(3)12-8-6-10-14-29(42-33(34)40)28(37)17-16-27(36)13-9-7-11-15-32(39)41-30/h6,8,11-12,15-17,21,26-30,36-37H,1,7,9-10,13-14,18-20,22H2,2-5H3,(H2,34,40)(H,35,38)/b8-6+,15-11+,17-16+,24-12+,25-21+. The number of allylic oxidation sites excluding steroid dienone is 4. The Morgan fingerprint density at radius 1 is 1.21 bits per heavy atom. The maximum atomic E-state index is 12.7. The molecule has 2 amide bonds. The number of ether oxygens (including phenoxy) is 2. The highest BCUT2D eigenvalue weighted by molar-refractivity contribution is 5.82. The molecule has 234 valence electrons. The Labute approximate surface area is 250 Å². The average molecular weight is 587 g/mol. The molecule has 0 aromatic heterocycles. The van der Waals surface area contributed by atoms with Crippen LogP contribution in [0.5, 0.6) is 0 Å². The highest BCUT2D eigenvalue weighted by Gasteiger charge is 2.21. The summed E-state index contributed by atoms with van der Waals surface area (Å²) >= 11 is 0. The van der Waals surface area contributed by atoms with Gasteiger partial charge in [-0.05, 0) is 59.3 Å². The van der Waals surface area contributed by atoms with Crippen molar-refractivity contribution in [3.8, 4) is 0 Å². The first-order valence-electron chi connectivity index (χ1n) is 14.7. The molecule has 0 fully saturated rings. The first-order valence-corrected chi connectivity index (χ1v) is 14.7. The van der Waals surface area contributed by atoms with Crippen LogP contribution in [0, 0.1) is 5.92 Å². The number of amides is 2. The minimum absolute atomic E-state index is 0.0500. The summed E-state index contributed by atoms with van der Waals surface area (Å²) in [5, 5.41) is 23.6. The number of carbonyl (C=O) groups excluding carboxylic acids is 3. The smallest absolute Gasteiger partial charge is 0.404 e. The van der Waals surface area contributed by atoms with Crippen LogP contribution in [0.15, 0.2) is 71.9 Å². The molecule has 9 heteroatoms. The molecule has 0 aromatic rings. The second-order valence-corrected chi connectivity index (χ2v) is 11.1. The van der Waals surface area contributed by atoms with Gasteiger partial charge in [0.2, 0.25) is 5.91 Å². The molecule has 0 aliphatic carbocycles. The van der Waals surface area contributed by atoms with E-state index in [-0.39, 0.29) is 11.8 Å². The largest absolute Gasteiger partial charge is 0.458 e. The number of hydrogen-bond donors (Lipinski definition) is 4. The zero-order valence-corrected chi connectivity index (χ0v) is 25.6. The number of nitrogens with two attached hydrogens (primary N) is 1. The Balaban J connectivity index is 3.02. The van der Waals surface area contributed by atoms with Gasteiger partial charge in [0.15, 0.2) is 0 Å². The Morgan fingerprint density at radius 2 is 1.95 bits per heavy atom. The predicted molar refractivity (Wildman–Crippen MR) is 165 cm³/mol. The minimum Gasteiger partial charge on any atom is -0.458 e. The molecule has 5 N–H and O–H groups in total. The summed E-state index contributed by atoms with van der Waals surface area (Å²) < 4.78 is 11.0. The van der Waals surface area contributed by atoms with Crippen molar-refractivity contribution in [1.29, 1.82) is 0 Å². The molecule has 1 aliphatic rings. The third-order valence-electron chi connectivity index (χ3n) is 6.67. The quantitative estimate of drug-likeness (QED) is 0.228. The van der Waals surface area contributed by atoms with E-state index >= 15 is 0 Å². The molecule has 1 aliphatic heterocycles. The molecule has 1 heterocycles. The lowest BCUT2D eigenvalue weighted by atomic mass is 9.95. The fourth-order valence-corrected chi connectivity index (χ4v) is 4.41. The Kier molecular flexibility index (Phi) is 17.8. The van der Waals surface area contributed by atoms with Crippen LogP contribution in [0.3, 0.4) is 0 Å². The van der Waals surface area contributed by atoms with Gasteiger partial charge in [0, 0.05) is 31.4 Å². The van der Waals surface area contributed by atoms with Crippen LogP contribution in [-0.4, -0.2) is 59.1 Å². The molecule has 0 radical (unpaired) electrons. The molecule has 0 bridgehead atoms. The number of aliphatic hydroxyl groups excluding tert-OH is 2. The van der Waals surface area contributed by atoms with E-state index in [1.807, 2.05) is 45.9 Å². The first kappa shape index (κ1) is 36.6. The Bertz CT molecular complexity index is 1040. The van der Waals surface area contributed by atoms with Crippen molar-refractivity contribution in [2.24, 2.45) is 11.7 Å². The van der Waals surface area contributed by atoms with Crippen LogP contribution in [0.4, 0.5) is 4.79 Å². The van der Waals surface area contributed by atoms with E-state index in [4.69, 9.17) is 15.2 Å². The summed E-state index contributed by atoms with van der Waals surface area (Å²) in [7, 11) is 0. The lowest BCUT2D eigenvalue weighted by molar-refractivity contribution is -0.144. The van der Waals surface area contributed by atoms with Gasteiger partial charge in [-0.1, -0.05) is 72.8 Å². The van der Waals surface area contributed by atoms with Gasteiger partial charge in [-0.2, -0.15) is 0 Å². The van der Waals surface area contributed by atoms with Crippen molar-refractivity contribution in [3.63, 3.8) is 0 Å². The van der Waals surface area contributed by atoms with Gasteiger partial charge in [0.05, 0.1) is 6.10 Å². The van der Waals surface area contributed by atoms with Crippen LogP contribution >= 0.6 is 0 Å². The van der Waals surface area contributed by atoms with Crippen LogP contribution in [-0.2, 0) is 19.1 Å². The monoisotopic (exact) mass is 586 g/mol. The van der Waals surface area contributed by atoms with Gasteiger partial charge < -0.3 is 30.7 Å². The number of cyclic esters (lactones) is 1. The molecule has 0 aromatic carbocycles. The SMILES string of the molecule is C=C(C)CC(=O)NCC/C(C)=C/C(C)C1C/C(C)=C/C=C/CCC(OC(N)=O)C(O)/C=C/C(O)CCC/C=C/C(=O)O1. The summed E-state index contributed by atoms with van der Waals surface area (Å²) in [6.07, 6.45) is 13.7. The number of aliphatic hydroxyl groups is 2. The summed E-state index contributed by atoms with van der Waals surface area (Å²) in [4.78, 5) is 35.9. The van der Waals surface area contributed by atoms with Crippen molar-refractivity contribution in [2.75, 3.05) is 6.54 Å². The van der Waals surface area contributed by atoms with E-state index in [1.165, 1.54) is 18.2 Å². The van der Waals surface area contributed by atoms with E-state index in [1.54, 1.807) is 6.08 Å². The van der Waals surface area contributed by atoms with Crippen molar-refractivity contribution in [3.05, 3.63) is 71.9 Å². The predicted octanol–water partition coefficient (Wildman–Crippen LogP) is 5.11. The second kappa shape index (κ2) is 20.4. The number of nitrogens with one attached hydrogen (secondary N) is 1. The Morgan fingerprint density at radius 3 is 2.64 bits per heavy atom. The van der Waals surface area contributed by atoms with Gasteiger partial charge in [-0.3, -0.25) is 4.79 Å². The summed E-state index contributed by atoms with van der Waals surface area (Å²) in [5.74, 6) is -0.549. The van der Waals surface area contributed by atoms with Crippen molar-refractivity contribution >= 4 is 18.0 Å². The zero-order chi connectivity index (χ0) is 31.5. The average Bonchev–Trinajstić information content (AvgIpc) is 2.89. The molecule has 0 spiro atoms. The molecule has 5 unspecified atom stereocenters. The lowest BCUT2D eigenvalue weighted by Crippen LogP contribution is -2.32. The molecule has 9 nitrogen and oxygen atoms in total. The lowest BCUT2D eigenvalue weighted by Gasteiger charge is -2.23. The highest BCUT2D eigenvalue weighted by Crippen LogP contribution is 2.21. The van der Waals surface area contributed by atoms with Gasteiger partial charge in [0.1, 0.15) is 18.3 Å². The molecular weight excluding hydrogens is 536 g/mol. The number of rotatable bonds is 8. The maximum absolute atomic E-state index is 12.7. The number of hydrogen-bond acceptors (Lipinski definition) is 7. The fraction of sp³-hybridized carbons (Fsp3) is 0.545. The van der Waals surface area contributed by atoms with Crippen molar-refractivity contribution < 1.29 is 34.1 Å². The molecule has 0 saturated heterocycles. The second-order valence-electron chi connectivity index (χ2n) is 11.1. The zero-order valence-electron chi connectivity index (χ0n) is 25.6. The van der Waals surface area contributed by atoms with Crippen LogP contribution in [0.2, 0.25) is 0 Å². The molecule has 0 saturated carbocycles. The van der Waals surface area contributed by atoms with Crippen LogP contribution in [0.1, 0.15) is 79.1 Å². The summed E-state index contributed by atoms with van der Waals surface area (Å²) in [6, 6.07) is 0. The summed E-state index contributed by atoms with van der Waals surface area (Å²) in [5.41, 5.74) is 8.09. The van der Waals surface area contributed by atoms with Crippen LogP contribution < -0.4 is 11.1 Å². The van der Waals surface area contributed by atoms with E-state index in [0.29, 0.717) is 57.9 Å². The van der Waals surface area contributed by atoms with E-state index in [2.05, 4.69) is 18.0 Å². The van der Waals surface area contributed by atoms with Crippen LogP contribution in [0.25, 0.3) is 0 Å². The third-order valence-corrected chi connectivity index (χ3v) is 6.67. The van der Waals surface area contributed by atoms with E-state index in [9.17, 15) is 24.6 Å². The summed E-state index contributed by atoms with van der Waals surface area (Å²) in [6.45, 7) is 12.1. The van der Waals surface area contributed by atoms with E-state index in [0.717, 1.165) is 16.7 Å². The molecule has 1 rings (SSSR count). The van der Waals surface area contributed by atoms with E-state index < -0.39 is 36.5 Å². The highest BCUT2D eigenvalue weighted by atomic mass is 16.6.